The molecule has 4 aromatic rings. The average Bonchev–Trinajstić information content (AvgIpc) is 3.03. The van der Waals surface area contributed by atoms with E-state index in [2.05, 4.69) is 15.1 Å². The van der Waals surface area contributed by atoms with Crippen molar-refractivity contribution in [1.29, 1.82) is 0 Å². The minimum atomic E-state index is -4.65. The number of ether oxygens (including phenoxy) is 1. The second-order valence-corrected chi connectivity index (χ2v) is 5.80. The minimum absolute atomic E-state index is 0.0791. The van der Waals surface area contributed by atoms with Gasteiger partial charge in [0, 0.05) is 30.2 Å². The molecule has 0 atom stereocenters. The van der Waals surface area contributed by atoms with Crippen LogP contribution in [0.4, 0.5) is 13.2 Å². The van der Waals surface area contributed by atoms with Gasteiger partial charge in [0.1, 0.15) is 17.0 Å². The van der Waals surface area contributed by atoms with Gasteiger partial charge < -0.3 is 4.74 Å². The van der Waals surface area contributed by atoms with Crippen molar-refractivity contribution >= 4 is 21.9 Å². The van der Waals surface area contributed by atoms with Crippen LogP contribution in [0.5, 0.6) is 5.88 Å². The Bertz CT molecular complexity index is 1240. The van der Waals surface area contributed by atoms with Gasteiger partial charge in [-0.25, -0.2) is 9.97 Å². The highest BCUT2D eigenvalue weighted by Crippen LogP contribution is 2.32. The lowest BCUT2D eigenvalue weighted by molar-refractivity contribution is -0.141. The first kappa shape index (κ1) is 17.0. The van der Waals surface area contributed by atoms with E-state index >= 15 is 0 Å². The molecule has 10 heteroatoms. The predicted octanol–water partition coefficient (Wildman–Crippen LogP) is 2.69. The molecule has 0 saturated heterocycles. The zero-order valence-corrected chi connectivity index (χ0v) is 14.2. The summed E-state index contributed by atoms with van der Waals surface area (Å²) in [5.74, 6) is 0.0791. The normalized spacial score (nSPS) is 12.0. The van der Waals surface area contributed by atoms with E-state index in [4.69, 9.17) is 4.74 Å². The lowest BCUT2D eigenvalue weighted by atomic mass is 10.1. The number of hydrogen-bond acceptors (Lipinski definition) is 5. The van der Waals surface area contributed by atoms with Crippen molar-refractivity contribution in [3.63, 3.8) is 0 Å². The third-order valence-corrected chi connectivity index (χ3v) is 4.09. The molecule has 0 fully saturated rings. The Morgan fingerprint density at radius 1 is 1.15 bits per heavy atom. The summed E-state index contributed by atoms with van der Waals surface area (Å²) >= 11 is 0. The van der Waals surface area contributed by atoms with Crippen molar-refractivity contribution in [2.24, 2.45) is 7.05 Å². The number of rotatable bonds is 2. The van der Waals surface area contributed by atoms with Crippen molar-refractivity contribution in [3.8, 4) is 11.6 Å². The van der Waals surface area contributed by atoms with Crippen LogP contribution in [-0.2, 0) is 13.2 Å². The van der Waals surface area contributed by atoms with E-state index in [1.165, 1.54) is 30.1 Å². The second kappa shape index (κ2) is 5.79. The molecule has 138 valence electrons. The van der Waals surface area contributed by atoms with Crippen molar-refractivity contribution in [2.75, 3.05) is 7.11 Å². The molecule has 0 bridgehead atoms. The smallest absolute Gasteiger partial charge is 0.433 e. The number of aromatic nitrogens is 5. The van der Waals surface area contributed by atoms with E-state index in [1.807, 2.05) is 0 Å². The Morgan fingerprint density at radius 3 is 2.63 bits per heavy atom. The number of aryl methyl sites for hydroxylation is 1. The fourth-order valence-corrected chi connectivity index (χ4v) is 2.97. The quantitative estimate of drug-likeness (QED) is 0.539. The molecular formula is C17H12F3N5O2. The van der Waals surface area contributed by atoms with Crippen LogP contribution < -0.4 is 10.3 Å². The lowest BCUT2D eigenvalue weighted by Gasteiger charge is -2.14. The molecule has 4 rings (SSSR count). The fraction of sp³-hybridized carbons (Fsp3) is 0.176. The first-order valence-corrected chi connectivity index (χ1v) is 7.77. The molecule has 4 heterocycles. The van der Waals surface area contributed by atoms with E-state index in [0.717, 1.165) is 10.6 Å². The summed E-state index contributed by atoms with van der Waals surface area (Å²) in [4.78, 5) is 20.8. The van der Waals surface area contributed by atoms with Gasteiger partial charge in [0.05, 0.1) is 7.11 Å². The molecule has 0 spiro atoms. The highest BCUT2D eigenvalue weighted by atomic mass is 19.4. The first-order valence-electron chi connectivity index (χ1n) is 7.77. The molecule has 27 heavy (non-hydrogen) atoms. The van der Waals surface area contributed by atoms with Gasteiger partial charge in [-0.2, -0.15) is 18.3 Å². The van der Waals surface area contributed by atoms with Crippen molar-refractivity contribution < 1.29 is 17.9 Å². The Morgan fingerprint density at radius 2 is 1.93 bits per heavy atom. The number of nitrogens with zero attached hydrogens (tertiary/aromatic N) is 5. The van der Waals surface area contributed by atoms with Crippen LogP contribution in [-0.4, -0.2) is 31.4 Å². The SMILES string of the molecule is COc1ncccc1-n1c(=O)c2nn(C)cc2c2ccc(C(F)(F)F)nc21. The first-order chi connectivity index (χ1) is 12.8. The molecule has 4 aromatic heterocycles. The highest BCUT2D eigenvalue weighted by molar-refractivity contribution is 6.03. The third kappa shape index (κ3) is 2.60. The summed E-state index contributed by atoms with van der Waals surface area (Å²) in [6.07, 6.45) is -1.64. The standard InChI is InChI=1S/C17H12F3N5O2/c1-24-8-10-9-5-6-12(17(18,19)20)22-14(9)25(16(26)13(10)23-24)11-4-3-7-21-15(11)27-2/h3-8H,1-2H3. The second-order valence-electron chi connectivity index (χ2n) is 5.80. The minimum Gasteiger partial charge on any atom is -0.479 e. The van der Waals surface area contributed by atoms with E-state index < -0.39 is 17.4 Å². The molecule has 0 N–H and O–H groups in total. The molecule has 0 aliphatic heterocycles. The number of hydrogen-bond donors (Lipinski definition) is 0. The highest BCUT2D eigenvalue weighted by Gasteiger charge is 2.33. The van der Waals surface area contributed by atoms with Crippen LogP contribution in [0.3, 0.4) is 0 Å². The maximum Gasteiger partial charge on any atom is 0.433 e. The van der Waals surface area contributed by atoms with Crippen LogP contribution in [0, 0.1) is 0 Å². The van der Waals surface area contributed by atoms with E-state index in [9.17, 15) is 18.0 Å². The Hall–Kier alpha value is -3.43. The van der Waals surface area contributed by atoms with Gasteiger partial charge in [0.2, 0.25) is 5.88 Å². The van der Waals surface area contributed by atoms with Crippen molar-refractivity contribution in [2.45, 2.75) is 6.18 Å². The Balaban J connectivity index is 2.23. The van der Waals surface area contributed by atoms with E-state index in [-0.39, 0.29) is 22.7 Å². The summed E-state index contributed by atoms with van der Waals surface area (Å²) in [7, 11) is 2.98. The summed E-state index contributed by atoms with van der Waals surface area (Å²) in [5, 5.41) is 4.92. The summed E-state index contributed by atoms with van der Waals surface area (Å²) in [6, 6.07) is 5.23. The zero-order valence-electron chi connectivity index (χ0n) is 14.2. The molecule has 0 amide bonds. The summed E-state index contributed by atoms with van der Waals surface area (Å²) in [5.41, 5.74) is -1.58. The number of halogens is 3. The fourth-order valence-electron chi connectivity index (χ4n) is 2.97. The van der Waals surface area contributed by atoms with Crippen LogP contribution in [0.1, 0.15) is 5.69 Å². The van der Waals surface area contributed by atoms with Gasteiger partial charge in [0.15, 0.2) is 5.52 Å². The third-order valence-electron chi connectivity index (χ3n) is 4.09. The predicted molar refractivity (Wildman–Crippen MR) is 91.0 cm³/mol. The van der Waals surface area contributed by atoms with Gasteiger partial charge in [-0.15, -0.1) is 0 Å². The van der Waals surface area contributed by atoms with Gasteiger partial charge in [-0.1, -0.05) is 0 Å². The number of pyridine rings is 3. The van der Waals surface area contributed by atoms with Crippen molar-refractivity contribution in [3.05, 3.63) is 52.7 Å². The number of alkyl halides is 3. The van der Waals surface area contributed by atoms with E-state index in [0.29, 0.717) is 10.8 Å². The monoisotopic (exact) mass is 375 g/mol. The molecule has 0 saturated carbocycles. The van der Waals surface area contributed by atoms with Gasteiger partial charge in [0.25, 0.3) is 5.56 Å². The summed E-state index contributed by atoms with van der Waals surface area (Å²) in [6.45, 7) is 0. The molecule has 0 aliphatic rings. The molecule has 7 nitrogen and oxygen atoms in total. The lowest BCUT2D eigenvalue weighted by Crippen LogP contribution is -2.22. The molecule has 0 unspecified atom stereocenters. The average molecular weight is 375 g/mol. The number of fused-ring (bicyclic) bond motifs is 3. The zero-order chi connectivity index (χ0) is 19.3. The molecule has 0 radical (unpaired) electrons. The van der Waals surface area contributed by atoms with Crippen LogP contribution in [0.2, 0.25) is 0 Å². The Kier molecular flexibility index (Phi) is 3.65. The van der Waals surface area contributed by atoms with E-state index in [1.54, 1.807) is 19.3 Å². The number of methoxy groups -OCH3 is 1. The van der Waals surface area contributed by atoms with Crippen LogP contribution in [0.25, 0.3) is 27.6 Å². The molecular weight excluding hydrogens is 363 g/mol. The largest absolute Gasteiger partial charge is 0.479 e. The van der Waals surface area contributed by atoms with Gasteiger partial charge in [-0.3, -0.25) is 14.0 Å². The van der Waals surface area contributed by atoms with Crippen LogP contribution in [0.15, 0.2) is 41.5 Å². The summed E-state index contributed by atoms with van der Waals surface area (Å²) < 4.78 is 47.3. The Labute approximate surface area is 149 Å². The maximum absolute atomic E-state index is 13.2. The maximum atomic E-state index is 13.2. The van der Waals surface area contributed by atoms with Crippen molar-refractivity contribution in [1.82, 2.24) is 24.3 Å². The topological polar surface area (TPSA) is 74.8 Å². The molecule has 0 aromatic carbocycles. The van der Waals surface area contributed by atoms with Crippen LogP contribution >= 0.6 is 0 Å². The van der Waals surface area contributed by atoms with Gasteiger partial charge in [-0.05, 0) is 24.3 Å². The molecule has 0 aliphatic carbocycles. The van der Waals surface area contributed by atoms with Gasteiger partial charge >= 0.3 is 6.18 Å².